The van der Waals surface area contributed by atoms with Gasteiger partial charge < -0.3 is 9.47 Å². The lowest BCUT2D eigenvalue weighted by atomic mass is 9.79. The predicted molar refractivity (Wildman–Crippen MR) is 73.9 cm³/mol. The Morgan fingerprint density at radius 1 is 1.11 bits per heavy atom. The Bertz CT molecular complexity index is 633. The second kappa shape index (κ2) is 4.02. The normalized spacial score (nSPS) is 23.0. The summed E-state index contributed by atoms with van der Waals surface area (Å²) in [7, 11) is 1.71. The van der Waals surface area contributed by atoms with Gasteiger partial charge in [0, 0.05) is 11.5 Å². The van der Waals surface area contributed by atoms with Crippen LogP contribution in [-0.4, -0.2) is 7.11 Å². The van der Waals surface area contributed by atoms with Crippen molar-refractivity contribution >= 4 is 0 Å². The second-order valence-corrected chi connectivity index (χ2v) is 5.29. The first-order valence-electron chi connectivity index (χ1n) is 6.79. The van der Waals surface area contributed by atoms with Gasteiger partial charge in [0.2, 0.25) is 0 Å². The molecule has 1 heterocycles. The monoisotopic (exact) mass is 252 g/mol. The zero-order valence-electron chi connectivity index (χ0n) is 10.9. The highest BCUT2D eigenvalue weighted by molar-refractivity contribution is 5.49. The summed E-state index contributed by atoms with van der Waals surface area (Å²) in [4.78, 5) is 0. The molecule has 0 saturated heterocycles. The molecule has 2 atom stereocenters. The van der Waals surface area contributed by atoms with Crippen LogP contribution >= 0.6 is 0 Å². The Morgan fingerprint density at radius 3 is 2.89 bits per heavy atom. The van der Waals surface area contributed by atoms with Crippen molar-refractivity contribution in [1.82, 2.24) is 0 Å². The largest absolute Gasteiger partial charge is 0.497 e. The Kier molecular flexibility index (Phi) is 2.31. The highest BCUT2D eigenvalue weighted by Gasteiger charge is 2.39. The third-order valence-electron chi connectivity index (χ3n) is 4.32. The lowest BCUT2D eigenvalue weighted by molar-refractivity contribution is 0.195. The maximum absolute atomic E-state index is 6.18. The van der Waals surface area contributed by atoms with Crippen LogP contribution in [0.1, 0.15) is 35.1 Å². The van der Waals surface area contributed by atoms with E-state index in [9.17, 15) is 0 Å². The summed E-state index contributed by atoms with van der Waals surface area (Å²) >= 11 is 0. The molecule has 0 amide bonds. The van der Waals surface area contributed by atoms with E-state index in [4.69, 9.17) is 9.47 Å². The second-order valence-electron chi connectivity index (χ2n) is 5.29. The maximum Gasteiger partial charge on any atom is 0.131 e. The zero-order valence-corrected chi connectivity index (χ0v) is 10.9. The van der Waals surface area contributed by atoms with Gasteiger partial charge in [-0.25, -0.2) is 0 Å². The molecule has 0 saturated carbocycles. The molecular weight excluding hydrogens is 236 g/mol. The summed E-state index contributed by atoms with van der Waals surface area (Å²) in [5.41, 5.74) is 4.09. The van der Waals surface area contributed by atoms with Crippen molar-refractivity contribution in [3.63, 3.8) is 0 Å². The molecule has 0 fully saturated rings. The molecule has 0 bridgehead atoms. The molecule has 2 aromatic rings. The molecule has 2 nitrogen and oxygen atoms in total. The van der Waals surface area contributed by atoms with Gasteiger partial charge in [0.1, 0.15) is 17.6 Å². The quantitative estimate of drug-likeness (QED) is 0.767. The fraction of sp³-hybridized carbons (Fsp3) is 0.294. The van der Waals surface area contributed by atoms with Crippen molar-refractivity contribution in [3.8, 4) is 11.5 Å². The van der Waals surface area contributed by atoms with Crippen molar-refractivity contribution in [2.45, 2.75) is 24.9 Å². The van der Waals surface area contributed by atoms with Crippen LogP contribution < -0.4 is 9.47 Å². The lowest BCUT2D eigenvalue weighted by Gasteiger charge is -2.27. The number of hydrogen-bond acceptors (Lipinski definition) is 2. The number of ether oxygens (including phenoxy) is 2. The summed E-state index contributed by atoms with van der Waals surface area (Å²) in [6.07, 6.45) is 2.48. The van der Waals surface area contributed by atoms with Gasteiger partial charge in [0.25, 0.3) is 0 Å². The smallest absolute Gasteiger partial charge is 0.131 e. The Hall–Kier alpha value is -1.96. The van der Waals surface area contributed by atoms with E-state index in [1.807, 2.05) is 12.1 Å². The molecule has 2 aromatic carbocycles. The maximum atomic E-state index is 6.18. The number of methoxy groups -OCH3 is 1. The molecule has 4 rings (SSSR count). The third kappa shape index (κ3) is 1.56. The summed E-state index contributed by atoms with van der Waals surface area (Å²) in [6, 6.07) is 14.8. The summed E-state index contributed by atoms with van der Waals surface area (Å²) in [6.45, 7) is 0. The average Bonchev–Trinajstić information content (AvgIpc) is 2.85. The van der Waals surface area contributed by atoms with Crippen LogP contribution in [0.3, 0.4) is 0 Å². The van der Waals surface area contributed by atoms with Gasteiger partial charge in [-0.3, -0.25) is 0 Å². The number of benzene rings is 2. The van der Waals surface area contributed by atoms with Gasteiger partial charge in [-0.1, -0.05) is 24.3 Å². The first kappa shape index (κ1) is 10.9. The highest BCUT2D eigenvalue weighted by atomic mass is 16.5. The number of aryl methyl sites for hydroxylation is 1. The van der Waals surface area contributed by atoms with Crippen LogP contribution in [-0.2, 0) is 6.42 Å². The first-order chi connectivity index (χ1) is 9.36. The van der Waals surface area contributed by atoms with Crippen LogP contribution in [0.4, 0.5) is 0 Å². The van der Waals surface area contributed by atoms with Crippen molar-refractivity contribution in [3.05, 3.63) is 59.2 Å². The minimum absolute atomic E-state index is 0.187. The number of hydrogen-bond donors (Lipinski definition) is 0. The molecule has 0 aromatic heterocycles. The topological polar surface area (TPSA) is 18.5 Å². The van der Waals surface area contributed by atoms with Gasteiger partial charge in [0.15, 0.2) is 0 Å². The van der Waals surface area contributed by atoms with Crippen molar-refractivity contribution in [1.29, 1.82) is 0 Å². The molecular formula is C17H16O2. The van der Waals surface area contributed by atoms with Crippen molar-refractivity contribution in [2.75, 3.05) is 7.11 Å². The lowest BCUT2D eigenvalue weighted by Crippen LogP contribution is -2.18. The van der Waals surface area contributed by atoms with Crippen LogP contribution in [0, 0.1) is 0 Å². The van der Waals surface area contributed by atoms with Gasteiger partial charge in [-0.05, 0) is 42.2 Å². The Morgan fingerprint density at radius 2 is 2.00 bits per heavy atom. The Balaban J connectivity index is 1.80. The SMILES string of the molecule is COc1ccc2c(c1)[C@@H]1CCc3ccccc3[C@@H]1O2. The molecule has 0 spiro atoms. The summed E-state index contributed by atoms with van der Waals surface area (Å²) in [5.74, 6) is 2.41. The van der Waals surface area contributed by atoms with E-state index in [-0.39, 0.29) is 6.10 Å². The van der Waals surface area contributed by atoms with Crippen LogP contribution in [0.2, 0.25) is 0 Å². The van der Waals surface area contributed by atoms with Gasteiger partial charge >= 0.3 is 0 Å². The van der Waals surface area contributed by atoms with Gasteiger partial charge in [-0.2, -0.15) is 0 Å². The molecule has 2 aliphatic rings. The number of rotatable bonds is 1. The van der Waals surface area contributed by atoms with Crippen LogP contribution in [0.5, 0.6) is 11.5 Å². The average molecular weight is 252 g/mol. The summed E-state index contributed by atoms with van der Waals surface area (Å²) in [5, 5.41) is 0. The van der Waals surface area contributed by atoms with Crippen LogP contribution in [0.25, 0.3) is 0 Å². The highest BCUT2D eigenvalue weighted by Crippen LogP contribution is 2.52. The molecule has 1 aliphatic carbocycles. The Labute approximate surface area is 113 Å². The minimum Gasteiger partial charge on any atom is -0.497 e. The summed E-state index contributed by atoms with van der Waals surface area (Å²) < 4.78 is 11.5. The van der Waals surface area contributed by atoms with E-state index in [2.05, 4.69) is 30.3 Å². The van der Waals surface area contributed by atoms with E-state index in [1.165, 1.54) is 16.7 Å². The van der Waals surface area contributed by atoms with E-state index in [0.717, 1.165) is 24.3 Å². The van der Waals surface area contributed by atoms with Crippen molar-refractivity contribution in [2.24, 2.45) is 0 Å². The first-order valence-corrected chi connectivity index (χ1v) is 6.79. The van der Waals surface area contributed by atoms with Gasteiger partial charge in [0.05, 0.1) is 7.11 Å². The molecule has 96 valence electrons. The van der Waals surface area contributed by atoms with E-state index < -0.39 is 0 Å². The van der Waals surface area contributed by atoms with Crippen LogP contribution in [0.15, 0.2) is 42.5 Å². The molecule has 0 unspecified atom stereocenters. The van der Waals surface area contributed by atoms with Gasteiger partial charge in [-0.15, -0.1) is 0 Å². The predicted octanol–water partition coefficient (Wildman–Crippen LogP) is 3.86. The standard InChI is InChI=1S/C17H16O2/c1-18-12-7-9-16-15(10-12)14-8-6-11-4-2-3-5-13(11)17(14)19-16/h2-5,7,9-10,14,17H,6,8H2,1H3/t14-,17-/m0/s1. The van der Waals surface area contributed by atoms with E-state index in [0.29, 0.717) is 5.92 Å². The molecule has 2 heteroatoms. The molecule has 19 heavy (non-hydrogen) atoms. The fourth-order valence-electron chi connectivity index (χ4n) is 3.37. The number of fused-ring (bicyclic) bond motifs is 5. The van der Waals surface area contributed by atoms with Crippen molar-refractivity contribution < 1.29 is 9.47 Å². The fourth-order valence-corrected chi connectivity index (χ4v) is 3.37. The van der Waals surface area contributed by atoms with E-state index in [1.54, 1.807) is 7.11 Å². The zero-order chi connectivity index (χ0) is 12.8. The van der Waals surface area contributed by atoms with E-state index >= 15 is 0 Å². The molecule has 0 N–H and O–H groups in total. The minimum atomic E-state index is 0.187. The molecule has 0 radical (unpaired) electrons. The third-order valence-corrected chi connectivity index (χ3v) is 4.32. The molecule has 1 aliphatic heterocycles.